The van der Waals surface area contributed by atoms with E-state index < -0.39 is 0 Å². The quantitative estimate of drug-likeness (QED) is 0.726. The van der Waals surface area contributed by atoms with Gasteiger partial charge in [0.1, 0.15) is 5.75 Å². The van der Waals surface area contributed by atoms with Gasteiger partial charge in [-0.15, -0.1) is 0 Å². The van der Waals surface area contributed by atoms with Crippen molar-refractivity contribution in [1.82, 2.24) is 0 Å². The second-order valence-electron chi connectivity index (χ2n) is 3.47. The van der Waals surface area contributed by atoms with Crippen molar-refractivity contribution in [2.24, 2.45) is 0 Å². The fourth-order valence-electron chi connectivity index (χ4n) is 1.54. The van der Waals surface area contributed by atoms with Crippen LogP contribution in [0.1, 0.15) is 0 Å². The Kier molecular flexibility index (Phi) is 3.82. The molecule has 1 nitrogen and oxygen atoms in total. The molecular weight excluding hydrogens is 279 g/mol. The van der Waals surface area contributed by atoms with Gasteiger partial charge in [0.05, 0.1) is 7.11 Å². The molecule has 0 radical (unpaired) electrons. The van der Waals surface area contributed by atoms with Gasteiger partial charge < -0.3 is 4.74 Å². The first kappa shape index (κ1) is 12.6. The molecule has 0 atom stereocenters. The standard InChI is InChI=1S/C13H9Cl3O/c1-17-9-3-5-13(16)11(7-9)10-6-8(14)2-4-12(10)15/h2-7H,1H3. The first-order valence-electron chi connectivity index (χ1n) is 4.91. The van der Waals surface area contributed by atoms with E-state index in [-0.39, 0.29) is 0 Å². The van der Waals surface area contributed by atoms with Crippen molar-refractivity contribution in [1.29, 1.82) is 0 Å². The second kappa shape index (κ2) is 5.18. The highest BCUT2D eigenvalue weighted by Gasteiger charge is 2.09. The summed E-state index contributed by atoms with van der Waals surface area (Å²) in [6.45, 7) is 0. The van der Waals surface area contributed by atoms with Crippen LogP contribution >= 0.6 is 34.8 Å². The molecule has 17 heavy (non-hydrogen) atoms. The molecule has 0 aliphatic carbocycles. The van der Waals surface area contributed by atoms with Gasteiger partial charge in [-0.1, -0.05) is 34.8 Å². The van der Waals surface area contributed by atoms with Gasteiger partial charge in [0.2, 0.25) is 0 Å². The maximum absolute atomic E-state index is 6.15. The molecule has 0 spiro atoms. The van der Waals surface area contributed by atoms with Crippen LogP contribution in [0.15, 0.2) is 36.4 Å². The molecule has 2 rings (SSSR count). The monoisotopic (exact) mass is 286 g/mol. The topological polar surface area (TPSA) is 9.23 Å². The van der Waals surface area contributed by atoms with Crippen molar-refractivity contribution in [3.8, 4) is 16.9 Å². The van der Waals surface area contributed by atoms with Crippen LogP contribution in [0.5, 0.6) is 5.75 Å². The van der Waals surface area contributed by atoms with Crippen LogP contribution in [0.25, 0.3) is 11.1 Å². The van der Waals surface area contributed by atoms with E-state index in [4.69, 9.17) is 39.5 Å². The fourth-order valence-corrected chi connectivity index (χ4v) is 2.15. The molecule has 88 valence electrons. The van der Waals surface area contributed by atoms with Crippen LogP contribution in [-0.4, -0.2) is 7.11 Å². The maximum atomic E-state index is 6.15. The SMILES string of the molecule is COc1ccc(Cl)c(-c2cc(Cl)ccc2Cl)c1. The summed E-state index contributed by atoms with van der Waals surface area (Å²) in [4.78, 5) is 0. The summed E-state index contributed by atoms with van der Waals surface area (Å²) in [6, 6.07) is 10.7. The van der Waals surface area contributed by atoms with Crippen LogP contribution in [-0.2, 0) is 0 Å². The van der Waals surface area contributed by atoms with Gasteiger partial charge in [0, 0.05) is 26.2 Å². The van der Waals surface area contributed by atoms with Gasteiger partial charge >= 0.3 is 0 Å². The van der Waals surface area contributed by atoms with Gasteiger partial charge in [-0.3, -0.25) is 0 Å². The first-order valence-corrected chi connectivity index (χ1v) is 6.04. The molecule has 0 saturated carbocycles. The summed E-state index contributed by atoms with van der Waals surface area (Å²) < 4.78 is 5.17. The molecular formula is C13H9Cl3O. The highest BCUT2D eigenvalue weighted by atomic mass is 35.5. The Morgan fingerprint density at radius 1 is 0.824 bits per heavy atom. The number of rotatable bonds is 2. The van der Waals surface area contributed by atoms with Crippen LogP contribution < -0.4 is 4.74 Å². The maximum Gasteiger partial charge on any atom is 0.119 e. The van der Waals surface area contributed by atoms with Crippen molar-refractivity contribution in [2.45, 2.75) is 0 Å². The van der Waals surface area contributed by atoms with E-state index >= 15 is 0 Å². The van der Waals surface area contributed by atoms with Gasteiger partial charge in [0.15, 0.2) is 0 Å². The molecule has 0 saturated heterocycles. The summed E-state index contributed by atoms with van der Waals surface area (Å²) >= 11 is 18.3. The summed E-state index contributed by atoms with van der Waals surface area (Å²) in [5.41, 5.74) is 1.60. The lowest BCUT2D eigenvalue weighted by Gasteiger charge is -2.09. The third-order valence-corrected chi connectivity index (χ3v) is 3.29. The Bertz CT molecular complexity index is 552. The highest BCUT2D eigenvalue weighted by Crippen LogP contribution is 2.36. The molecule has 2 aromatic carbocycles. The van der Waals surface area contributed by atoms with Crippen LogP contribution in [0.2, 0.25) is 15.1 Å². The number of ether oxygens (including phenoxy) is 1. The zero-order chi connectivity index (χ0) is 12.4. The lowest BCUT2D eigenvalue weighted by molar-refractivity contribution is 0.415. The van der Waals surface area contributed by atoms with E-state index in [1.807, 2.05) is 6.07 Å². The molecule has 0 bridgehead atoms. The Balaban J connectivity index is 2.62. The Morgan fingerprint density at radius 2 is 1.41 bits per heavy atom. The predicted molar refractivity (Wildman–Crippen MR) is 73.5 cm³/mol. The molecule has 2 aromatic rings. The van der Waals surface area contributed by atoms with Crippen LogP contribution in [0, 0.1) is 0 Å². The molecule has 0 unspecified atom stereocenters. The van der Waals surface area contributed by atoms with Crippen LogP contribution in [0.3, 0.4) is 0 Å². The third-order valence-electron chi connectivity index (χ3n) is 2.39. The average Bonchev–Trinajstić information content (AvgIpc) is 2.33. The van der Waals surface area contributed by atoms with E-state index in [2.05, 4.69) is 0 Å². The van der Waals surface area contributed by atoms with E-state index in [1.54, 1.807) is 37.4 Å². The highest BCUT2D eigenvalue weighted by molar-refractivity contribution is 6.37. The largest absolute Gasteiger partial charge is 0.497 e. The molecule has 0 aliphatic heterocycles. The third kappa shape index (κ3) is 2.68. The number of hydrogen-bond donors (Lipinski definition) is 0. The number of benzene rings is 2. The molecule has 4 heteroatoms. The summed E-state index contributed by atoms with van der Waals surface area (Å²) in [6.07, 6.45) is 0. The molecule has 0 aromatic heterocycles. The fraction of sp³-hybridized carbons (Fsp3) is 0.0769. The minimum absolute atomic E-state index is 0.601. The van der Waals surface area contributed by atoms with E-state index in [1.165, 1.54) is 0 Å². The normalized spacial score (nSPS) is 10.4. The predicted octanol–water partition coefficient (Wildman–Crippen LogP) is 5.32. The van der Waals surface area contributed by atoms with Crippen molar-refractivity contribution in [2.75, 3.05) is 7.11 Å². The Hall–Kier alpha value is -0.890. The molecule has 0 aliphatic rings. The minimum Gasteiger partial charge on any atom is -0.497 e. The van der Waals surface area contributed by atoms with Crippen molar-refractivity contribution in [3.63, 3.8) is 0 Å². The van der Waals surface area contributed by atoms with Gasteiger partial charge in [0.25, 0.3) is 0 Å². The zero-order valence-corrected chi connectivity index (χ0v) is 11.3. The van der Waals surface area contributed by atoms with E-state index in [0.717, 1.165) is 16.9 Å². The number of hydrogen-bond acceptors (Lipinski definition) is 1. The lowest BCUT2D eigenvalue weighted by Crippen LogP contribution is -1.86. The zero-order valence-electron chi connectivity index (χ0n) is 9.01. The smallest absolute Gasteiger partial charge is 0.119 e. The van der Waals surface area contributed by atoms with Gasteiger partial charge in [-0.2, -0.15) is 0 Å². The van der Waals surface area contributed by atoms with Crippen molar-refractivity contribution in [3.05, 3.63) is 51.5 Å². The average molecular weight is 288 g/mol. The first-order chi connectivity index (χ1) is 8.11. The molecule has 0 heterocycles. The van der Waals surface area contributed by atoms with E-state index in [0.29, 0.717) is 15.1 Å². The summed E-state index contributed by atoms with van der Waals surface area (Å²) in [7, 11) is 1.60. The van der Waals surface area contributed by atoms with Crippen molar-refractivity contribution < 1.29 is 4.74 Å². The molecule has 0 fully saturated rings. The lowest BCUT2D eigenvalue weighted by atomic mass is 10.1. The Morgan fingerprint density at radius 3 is 2.06 bits per heavy atom. The molecule has 0 amide bonds. The van der Waals surface area contributed by atoms with Crippen LogP contribution in [0.4, 0.5) is 0 Å². The Labute approximate surface area is 115 Å². The van der Waals surface area contributed by atoms with Crippen molar-refractivity contribution >= 4 is 34.8 Å². The minimum atomic E-state index is 0.601. The van der Waals surface area contributed by atoms with Gasteiger partial charge in [-0.25, -0.2) is 0 Å². The number of halogens is 3. The number of methoxy groups -OCH3 is 1. The molecule has 0 N–H and O–H groups in total. The van der Waals surface area contributed by atoms with E-state index in [9.17, 15) is 0 Å². The summed E-state index contributed by atoms with van der Waals surface area (Å²) in [5, 5.41) is 1.82. The second-order valence-corrected chi connectivity index (χ2v) is 4.72. The van der Waals surface area contributed by atoms with Gasteiger partial charge in [-0.05, 0) is 36.4 Å². The summed E-state index contributed by atoms with van der Waals surface area (Å²) in [5.74, 6) is 0.723.